The first kappa shape index (κ1) is 55.6. The normalized spacial score (nSPS) is 12.7. The highest BCUT2D eigenvalue weighted by molar-refractivity contribution is 5.76. The van der Waals surface area contributed by atoms with Crippen molar-refractivity contribution in [3.63, 3.8) is 0 Å². The minimum absolute atomic E-state index is 0.00344. The number of carbonyl (C=O) groups excluding carboxylic acids is 2. The smallest absolute Gasteiger partial charge is 0.305 e. The molecule has 0 aliphatic rings. The van der Waals surface area contributed by atoms with Gasteiger partial charge in [-0.1, -0.05) is 225 Å². The van der Waals surface area contributed by atoms with Crippen LogP contribution in [0.25, 0.3) is 0 Å². The van der Waals surface area contributed by atoms with E-state index in [2.05, 4.69) is 31.3 Å². The molecule has 6 nitrogen and oxygen atoms in total. The molecule has 0 aromatic rings. The first-order chi connectivity index (χ1) is 28.0. The number of aliphatic hydroxyl groups is 2. The van der Waals surface area contributed by atoms with E-state index in [1.165, 1.54) is 199 Å². The van der Waals surface area contributed by atoms with Crippen molar-refractivity contribution in [1.82, 2.24) is 5.32 Å². The maximum atomic E-state index is 12.4. The molecule has 0 saturated heterocycles. The Kier molecular flexibility index (Phi) is 46.1. The molecule has 0 aliphatic heterocycles. The number of esters is 1. The molecule has 0 saturated carbocycles. The van der Waals surface area contributed by atoms with Gasteiger partial charge in [0.05, 0.1) is 25.4 Å². The van der Waals surface area contributed by atoms with Crippen LogP contribution in [-0.2, 0) is 14.3 Å². The average molecular weight is 806 g/mol. The number of allylic oxidation sites excluding steroid dienone is 2. The quantitative estimate of drug-likeness (QED) is 0.0323. The molecule has 2 atom stereocenters. The number of carbonyl (C=O) groups is 2. The molecule has 0 rings (SSSR count). The minimum atomic E-state index is -0.667. The van der Waals surface area contributed by atoms with E-state index < -0.39 is 12.1 Å². The van der Waals surface area contributed by atoms with Crippen LogP contribution in [0.1, 0.15) is 277 Å². The van der Waals surface area contributed by atoms with Gasteiger partial charge in [0.2, 0.25) is 5.91 Å². The van der Waals surface area contributed by atoms with Gasteiger partial charge in [0.25, 0.3) is 0 Å². The maximum absolute atomic E-state index is 12.4. The van der Waals surface area contributed by atoms with Gasteiger partial charge in [-0.2, -0.15) is 0 Å². The second-order valence-corrected chi connectivity index (χ2v) is 17.5. The summed E-state index contributed by atoms with van der Waals surface area (Å²) in [6, 6.07) is -0.545. The zero-order chi connectivity index (χ0) is 41.5. The Hall–Kier alpha value is -1.40. The number of unbranched alkanes of at least 4 members (excludes halogenated alkanes) is 34. The Bertz CT molecular complexity index is 847. The molecule has 0 aromatic heterocycles. The summed E-state index contributed by atoms with van der Waals surface area (Å²) in [5.41, 5.74) is 0. The Morgan fingerprint density at radius 1 is 0.474 bits per heavy atom. The Morgan fingerprint density at radius 2 is 0.825 bits per heavy atom. The van der Waals surface area contributed by atoms with Crippen LogP contribution < -0.4 is 5.32 Å². The predicted octanol–water partition coefficient (Wildman–Crippen LogP) is 15.0. The highest BCUT2D eigenvalue weighted by Crippen LogP contribution is 2.16. The van der Waals surface area contributed by atoms with Crippen molar-refractivity contribution < 1.29 is 24.5 Å². The van der Waals surface area contributed by atoms with Gasteiger partial charge < -0.3 is 20.3 Å². The molecule has 338 valence electrons. The van der Waals surface area contributed by atoms with Crippen LogP contribution in [-0.4, -0.2) is 47.4 Å². The van der Waals surface area contributed by atoms with Crippen LogP contribution in [0.2, 0.25) is 0 Å². The van der Waals surface area contributed by atoms with Crippen LogP contribution in [0.15, 0.2) is 12.2 Å². The molecule has 3 N–H and O–H groups in total. The molecular formula is C51H99NO5. The number of nitrogens with one attached hydrogen (secondary N) is 1. The van der Waals surface area contributed by atoms with Crippen LogP contribution in [0.3, 0.4) is 0 Å². The van der Waals surface area contributed by atoms with E-state index >= 15 is 0 Å². The summed E-state index contributed by atoms with van der Waals surface area (Å²) in [6.07, 6.45) is 53.3. The molecule has 0 radical (unpaired) electrons. The lowest BCUT2D eigenvalue weighted by molar-refractivity contribution is -0.143. The third-order valence-corrected chi connectivity index (χ3v) is 11.8. The Labute approximate surface area is 355 Å². The Balaban J connectivity index is 3.42. The third-order valence-electron chi connectivity index (χ3n) is 11.8. The molecule has 2 unspecified atom stereocenters. The summed E-state index contributed by atoms with van der Waals surface area (Å²) in [5, 5.41) is 23.1. The summed E-state index contributed by atoms with van der Waals surface area (Å²) < 4.78 is 5.45. The molecule has 0 heterocycles. The molecule has 0 bridgehead atoms. The second-order valence-electron chi connectivity index (χ2n) is 17.5. The fourth-order valence-corrected chi connectivity index (χ4v) is 7.87. The third kappa shape index (κ3) is 44.0. The van der Waals surface area contributed by atoms with Gasteiger partial charge in [-0.25, -0.2) is 0 Å². The monoisotopic (exact) mass is 806 g/mol. The largest absolute Gasteiger partial charge is 0.466 e. The topological polar surface area (TPSA) is 95.9 Å². The summed E-state index contributed by atoms with van der Waals surface area (Å²) in [7, 11) is 0. The standard InChI is InChI=1S/C51H99NO5/c1-3-5-7-9-11-13-24-29-33-37-41-45-51(56)57-46-42-38-34-30-26-23-21-19-17-15-16-18-20-22-25-28-32-36-40-44-50(55)52-48(47-53)49(54)43-39-35-31-27-14-12-10-8-6-4-2/h15-16,48-49,53-54H,3-14,17-47H2,1-2H3,(H,52,55)/b16-15-. The molecule has 6 heteroatoms. The fraction of sp³-hybridized carbons (Fsp3) is 0.922. The highest BCUT2D eigenvalue weighted by atomic mass is 16.5. The zero-order valence-electron chi connectivity index (χ0n) is 38.3. The number of aliphatic hydroxyl groups excluding tert-OH is 2. The van der Waals surface area contributed by atoms with E-state index in [0.717, 1.165) is 44.9 Å². The van der Waals surface area contributed by atoms with Crippen molar-refractivity contribution in [2.45, 2.75) is 289 Å². The molecule has 0 aliphatic carbocycles. The lowest BCUT2D eigenvalue weighted by atomic mass is 10.0. The van der Waals surface area contributed by atoms with Gasteiger partial charge in [-0.3, -0.25) is 9.59 Å². The van der Waals surface area contributed by atoms with Gasteiger partial charge in [0.1, 0.15) is 0 Å². The number of amides is 1. The summed E-state index contributed by atoms with van der Waals surface area (Å²) in [4.78, 5) is 24.4. The van der Waals surface area contributed by atoms with E-state index in [1.54, 1.807) is 0 Å². The summed E-state index contributed by atoms with van der Waals surface area (Å²) >= 11 is 0. The molecule has 0 fully saturated rings. The average Bonchev–Trinajstić information content (AvgIpc) is 3.21. The van der Waals surface area contributed by atoms with Gasteiger partial charge in [-0.05, 0) is 51.4 Å². The number of hydrogen-bond acceptors (Lipinski definition) is 5. The van der Waals surface area contributed by atoms with Gasteiger partial charge in [0, 0.05) is 12.8 Å². The van der Waals surface area contributed by atoms with E-state index in [1.807, 2.05) is 0 Å². The van der Waals surface area contributed by atoms with Gasteiger partial charge in [-0.15, -0.1) is 0 Å². The van der Waals surface area contributed by atoms with E-state index in [-0.39, 0.29) is 18.5 Å². The molecular weight excluding hydrogens is 707 g/mol. The first-order valence-corrected chi connectivity index (χ1v) is 25.4. The molecule has 0 spiro atoms. The van der Waals surface area contributed by atoms with Crippen molar-refractivity contribution in [2.24, 2.45) is 0 Å². The maximum Gasteiger partial charge on any atom is 0.305 e. The van der Waals surface area contributed by atoms with Gasteiger partial charge >= 0.3 is 5.97 Å². The van der Waals surface area contributed by atoms with Crippen molar-refractivity contribution in [3.8, 4) is 0 Å². The van der Waals surface area contributed by atoms with E-state index in [9.17, 15) is 19.8 Å². The fourth-order valence-electron chi connectivity index (χ4n) is 7.87. The van der Waals surface area contributed by atoms with Crippen LogP contribution in [0.5, 0.6) is 0 Å². The number of hydrogen-bond donors (Lipinski definition) is 3. The number of rotatable bonds is 47. The summed E-state index contributed by atoms with van der Waals surface area (Å²) in [6.45, 7) is 4.92. The van der Waals surface area contributed by atoms with Crippen LogP contribution in [0.4, 0.5) is 0 Å². The van der Waals surface area contributed by atoms with Crippen LogP contribution >= 0.6 is 0 Å². The number of ether oxygens (including phenoxy) is 1. The van der Waals surface area contributed by atoms with E-state index in [0.29, 0.717) is 25.9 Å². The summed E-state index contributed by atoms with van der Waals surface area (Å²) in [5.74, 6) is -0.0426. The van der Waals surface area contributed by atoms with Crippen molar-refractivity contribution >= 4 is 11.9 Å². The SMILES string of the molecule is CCCCCCCCCCCCCC(=O)OCCCCCCCCCC/C=C\CCCCCCCCCC(=O)NC(CO)C(O)CCCCCCCCCCCC. The van der Waals surface area contributed by atoms with Crippen molar-refractivity contribution in [1.29, 1.82) is 0 Å². The van der Waals surface area contributed by atoms with Gasteiger partial charge in [0.15, 0.2) is 0 Å². The lowest BCUT2D eigenvalue weighted by Crippen LogP contribution is -2.45. The lowest BCUT2D eigenvalue weighted by Gasteiger charge is -2.22. The molecule has 0 aromatic carbocycles. The molecule has 1 amide bonds. The minimum Gasteiger partial charge on any atom is -0.466 e. The predicted molar refractivity (Wildman–Crippen MR) is 246 cm³/mol. The Morgan fingerprint density at radius 3 is 1.25 bits per heavy atom. The highest BCUT2D eigenvalue weighted by Gasteiger charge is 2.20. The van der Waals surface area contributed by atoms with Crippen molar-refractivity contribution in [2.75, 3.05) is 13.2 Å². The van der Waals surface area contributed by atoms with Crippen LogP contribution in [0, 0.1) is 0 Å². The first-order valence-electron chi connectivity index (χ1n) is 25.4. The second kappa shape index (κ2) is 47.3. The van der Waals surface area contributed by atoms with E-state index in [4.69, 9.17) is 4.74 Å². The molecule has 57 heavy (non-hydrogen) atoms. The van der Waals surface area contributed by atoms with Crippen molar-refractivity contribution in [3.05, 3.63) is 12.2 Å². The zero-order valence-corrected chi connectivity index (χ0v) is 38.3.